The van der Waals surface area contributed by atoms with Crippen LogP contribution in [0.5, 0.6) is 0 Å². The van der Waals surface area contributed by atoms with Crippen LogP contribution >= 0.6 is 0 Å². The number of pyridine rings is 1. The molecule has 0 aliphatic carbocycles. The molecule has 0 saturated carbocycles. The summed E-state index contributed by atoms with van der Waals surface area (Å²) in [5.41, 5.74) is 1.35. The molecule has 0 aliphatic rings. The zero-order valence-corrected chi connectivity index (χ0v) is 13.1. The zero-order valence-electron chi connectivity index (χ0n) is 13.1. The van der Waals surface area contributed by atoms with Gasteiger partial charge in [-0.2, -0.15) is 0 Å². The highest BCUT2D eigenvalue weighted by molar-refractivity contribution is 5.09. The van der Waals surface area contributed by atoms with Crippen molar-refractivity contribution in [3.8, 4) is 0 Å². The molecule has 0 spiro atoms. The van der Waals surface area contributed by atoms with Crippen LogP contribution in [0.4, 0.5) is 0 Å². The average molecular weight is 278 g/mol. The van der Waals surface area contributed by atoms with E-state index in [-0.39, 0.29) is 0 Å². The lowest BCUT2D eigenvalue weighted by molar-refractivity contribution is 0.127. The van der Waals surface area contributed by atoms with Crippen molar-refractivity contribution < 1.29 is 4.74 Å². The molecule has 1 aromatic rings. The Morgan fingerprint density at radius 3 is 2.45 bits per heavy atom. The fourth-order valence-electron chi connectivity index (χ4n) is 2.10. The largest absolute Gasteiger partial charge is 0.381 e. The molecule has 0 amide bonds. The van der Waals surface area contributed by atoms with E-state index >= 15 is 0 Å². The molecule has 0 radical (unpaired) electrons. The minimum absolute atomic E-state index is 0.610. The Morgan fingerprint density at radius 1 is 1.00 bits per heavy atom. The van der Waals surface area contributed by atoms with Gasteiger partial charge in [-0.05, 0) is 49.9 Å². The molecule has 0 fully saturated rings. The van der Waals surface area contributed by atoms with Crippen molar-refractivity contribution in [3.05, 3.63) is 30.1 Å². The van der Waals surface area contributed by atoms with Crippen LogP contribution in [-0.4, -0.2) is 30.8 Å². The van der Waals surface area contributed by atoms with Crippen LogP contribution in [0, 0.1) is 0 Å². The standard InChI is InChI=1S/C17H30N2O/c1-16(2)19-11-5-3-4-6-14-20-15-7-8-17-9-12-18-13-10-17/h9-10,12-13,16,19H,3-8,11,14-15H2,1-2H3. The average Bonchev–Trinajstić information content (AvgIpc) is 2.45. The predicted molar refractivity (Wildman–Crippen MR) is 85.0 cm³/mol. The van der Waals surface area contributed by atoms with E-state index in [1.54, 1.807) is 0 Å². The number of rotatable bonds is 12. The highest BCUT2D eigenvalue weighted by Crippen LogP contribution is 2.03. The maximum Gasteiger partial charge on any atom is 0.0469 e. The Labute approximate surface area is 124 Å². The van der Waals surface area contributed by atoms with Crippen LogP contribution in [0.25, 0.3) is 0 Å². The number of nitrogens with one attached hydrogen (secondary N) is 1. The molecule has 0 bridgehead atoms. The molecule has 0 atom stereocenters. The molecule has 1 rings (SSSR count). The lowest BCUT2D eigenvalue weighted by Crippen LogP contribution is -2.23. The normalized spacial score (nSPS) is 11.2. The number of aromatic nitrogens is 1. The molecular weight excluding hydrogens is 248 g/mol. The minimum atomic E-state index is 0.610. The van der Waals surface area contributed by atoms with Gasteiger partial charge in [0.05, 0.1) is 0 Å². The number of hydrogen-bond acceptors (Lipinski definition) is 3. The van der Waals surface area contributed by atoms with Crippen molar-refractivity contribution in [3.63, 3.8) is 0 Å². The van der Waals surface area contributed by atoms with Crippen molar-refractivity contribution in [2.75, 3.05) is 19.8 Å². The van der Waals surface area contributed by atoms with Gasteiger partial charge in [-0.3, -0.25) is 4.98 Å². The van der Waals surface area contributed by atoms with Gasteiger partial charge in [0.1, 0.15) is 0 Å². The van der Waals surface area contributed by atoms with E-state index in [1.807, 2.05) is 12.4 Å². The molecule has 3 nitrogen and oxygen atoms in total. The van der Waals surface area contributed by atoms with E-state index in [4.69, 9.17) is 4.74 Å². The first kappa shape index (κ1) is 17.1. The fourth-order valence-corrected chi connectivity index (χ4v) is 2.10. The molecule has 0 unspecified atom stereocenters. The monoisotopic (exact) mass is 278 g/mol. The maximum atomic E-state index is 5.67. The molecule has 0 aromatic carbocycles. The summed E-state index contributed by atoms with van der Waals surface area (Å²) in [5.74, 6) is 0. The number of nitrogens with zero attached hydrogens (tertiary/aromatic N) is 1. The summed E-state index contributed by atoms with van der Waals surface area (Å²) >= 11 is 0. The first-order valence-corrected chi connectivity index (χ1v) is 7.99. The number of unbranched alkanes of at least 4 members (excludes halogenated alkanes) is 3. The smallest absolute Gasteiger partial charge is 0.0469 e. The first-order valence-electron chi connectivity index (χ1n) is 7.99. The summed E-state index contributed by atoms with van der Waals surface area (Å²) in [5, 5.41) is 3.44. The van der Waals surface area contributed by atoms with Crippen molar-refractivity contribution in [2.45, 2.75) is 58.4 Å². The summed E-state index contributed by atoms with van der Waals surface area (Å²) in [7, 11) is 0. The van der Waals surface area contributed by atoms with E-state index in [1.165, 1.54) is 31.2 Å². The predicted octanol–water partition coefficient (Wildman–Crippen LogP) is 3.59. The van der Waals surface area contributed by atoms with E-state index in [0.717, 1.165) is 32.6 Å². The second-order valence-corrected chi connectivity index (χ2v) is 5.59. The summed E-state index contributed by atoms with van der Waals surface area (Å²) in [4.78, 5) is 4.02. The summed E-state index contributed by atoms with van der Waals surface area (Å²) in [6.07, 6.45) is 10.9. The Kier molecular flexibility index (Phi) is 10.2. The number of ether oxygens (including phenoxy) is 1. The Bertz CT molecular complexity index is 314. The third kappa shape index (κ3) is 9.93. The molecule has 0 saturated heterocycles. The van der Waals surface area contributed by atoms with Gasteiger partial charge in [0.15, 0.2) is 0 Å². The van der Waals surface area contributed by atoms with E-state index in [0.29, 0.717) is 6.04 Å². The van der Waals surface area contributed by atoms with E-state index < -0.39 is 0 Å². The molecule has 1 heterocycles. The first-order chi connectivity index (χ1) is 9.79. The van der Waals surface area contributed by atoms with Gasteiger partial charge in [0.25, 0.3) is 0 Å². The third-order valence-corrected chi connectivity index (χ3v) is 3.27. The molecule has 0 aliphatic heterocycles. The number of hydrogen-bond donors (Lipinski definition) is 1. The maximum absolute atomic E-state index is 5.67. The second-order valence-electron chi connectivity index (χ2n) is 5.59. The third-order valence-electron chi connectivity index (χ3n) is 3.27. The molecule has 20 heavy (non-hydrogen) atoms. The van der Waals surface area contributed by atoms with Crippen LogP contribution < -0.4 is 5.32 Å². The molecular formula is C17H30N2O. The Morgan fingerprint density at radius 2 is 1.70 bits per heavy atom. The van der Waals surface area contributed by atoms with Crippen LogP contribution in [0.1, 0.15) is 51.5 Å². The topological polar surface area (TPSA) is 34.1 Å². The van der Waals surface area contributed by atoms with Crippen molar-refractivity contribution in [1.29, 1.82) is 0 Å². The van der Waals surface area contributed by atoms with Gasteiger partial charge < -0.3 is 10.1 Å². The van der Waals surface area contributed by atoms with Crippen LogP contribution in [0.2, 0.25) is 0 Å². The minimum Gasteiger partial charge on any atom is -0.381 e. The van der Waals surface area contributed by atoms with Gasteiger partial charge in [-0.15, -0.1) is 0 Å². The number of aryl methyl sites for hydroxylation is 1. The van der Waals surface area contributed by atoms with Gasteiger partial charge in [-0.1, -0.05) is 26.7 Å². The highest BCUT2D eigenvalue weighted by Gasteiger charge is 1.95. The Hall–Kier alpha value is -0.930. The van der Waals surface area contributed by atoms with Gasteiger partial charge in [0, 0.05) is 31.6 Å². The molecule has 3 heteroatoms. The lowest BCUT2D eigenvalue weighted by Gasteiger charge is -2.07. The molecule has 114 valence electrons. The van der Waals surface area contributed by atoms with E-state index in [2.05, 4.69) is 36.3 Å². The van der Waals surface area contributed by atoms with Crippen molar-refractivity contribution in [2.24, 2.45) is 0 Å². The van der Waals surface area contributed by atoms with E-state index in [9.17, 15) is 0 Å². The SMILES string of the molecule is CC(C)NCCCCCCOCCCc1ccncc1. The second kappa shape index (κ2) is 11.9. The van der Waals surface area contributed by atoms with Crippen LogP contribution in [0.3, 0.4) is 0 Å². The van der Waals surface area contributed by atoms with Crippen LogP contribution in [-0.2, 0) is 11.2 Å². The summed E-state index contributed by atoms with van der Waals surface area (Å²) in [6, 6.07) is 4.76. The Balaban J connectivity index is 1.79. The summed E-state index contributed by atoms with van der Waals surface area (Å²) < 4.78 is 5.67. The highest BCUT2D eigenvalue weighted by atomic mass is 16.5. The van der Waals surface area contributed by atoms with Gasteiger partial charge in [0.2, 0.25) is 0 Å². The zero-order chi connectivity index (χ0) is 14.5. The molecule has 1 aromatic heterocycles. The quantitative estimate of drug-likeness (QED) is 0.593. The lowest BCUT2D eigenvalue weighted by atomic mass is 10.1. The fraction of sp³-hybridized carbons (Fsp3) is 0.706. The summed E-state index contributed by atoms with van der Waals surface area (Å²) in [6.45, 7) is 7.31. The van der Waals surface area contributed by atoms with Crippen molar-refractivity contribution in [1.82, 2.24) is 10.3 Å². The van der Waals surface area contributed by atoms with Crippen molar-refractivity contribution >= 4 is 0 Å². The van der Waals surface area contributed by atoms with Crippen LogP contribution in [0.15, 0.2) is 24.5 Å². The van der Waals surface area contributed by atoms with Gasteiger partial charge in [-0.25, -0.2) is 0 Å². The molecule has 1 N–H and O–H groups in total. The van der Waals surface area contributed by atoms with Gasteiger partial charge >= 0.3 is 0 Å².